The van der Waals surface area contributed by atoms with E-state index < -0.39 is 5.91 Å². The molecule has 23 heavy (non-hydrogen) atoms. The summed E-state index contributed by atoms with van der Waals surface area (Å²) in [5.74, 6) is 1.21. The fourth-order valence-electron chi connectivity index (χ4n) is 3.71. The molecule has 2 heterocycles. The van der Waals surface area contributed by atoms with Gasteiger partial charge in [-0.1, -0.05) is 12.8 Å². The molecule has 1 saturated carbocycles. The molecule has 0 aromatic carbocycles. The molecule has 6 heteroatoms. The maximum atomic E-state index is 12.4. The van der Waals surface area contributed by atoms with Gasteiger partial charge in [-0.15, -0.1) is 0 Å². The molecule has 2 fully saturated rings. The second-order valence-corrected chi connectivity index (χ2v) is 6.77. The zero-order valence-corrected chi connectivity index (χ0v) is 13.6. The van der Waals surface area contributed by atoms with Crippen LogP contribution in [0, 0.1) is 12.8 Å². The lowest BCUT2D eigenvalue weighted by molar-refractivity contribution is -0.131. The molecule has 2 aliphatic rings. The number of nitrogens with two attached hydrogens (primary N) is 1. The predicted octanol–water partition coefficient (Wildman–Crippen LogP) is 1.78. The summed E-state index contributed by atoms with van der Waals surface area (Å²) in [5, 5.41) is 0. The first kappa shape index (κ1) is 15.9. The van der Waals surface area contributed by atoms with Crippen molar-refractivity contribution in [2.24, 2.45) is 11.7 Å². The van der Waals surface area contributed by atoms with E-state index in [0.29, 0.717) is 36.0 Å². The van der Waals surface area contributed by atoms with Gasteiger partial charge in [0, 0.05) is 31.6 Å². The van der Waals surface area contributed by atoms with E-state index in [1.54, 1.807) is 6.92 Å². The molecule has 2 amide bonds. The van der Waals surface area contributed by atoms with Crippen molar-refractivity contribution in [1.82, 2.24) is 14.9 Å². The van der Waals surface area contributed by atoms with Crippen molar-refractivity contribution < 1.29 is 9.59 Å². The fourth-order valence-corrected chi connectivity index (χ4v) is 3.71. The van der Waals surface area contributed by atoms with Crippen LogP contribution < -0.4 is 5.73 Å². The van der Waals surface area contributed by atoms with Crippen molar-refractivity contribution in [3.63, 3.8) is 0 Å². The van der Waals surface area contributed by atoms with Crippen LogP contribution in [0.15, 0.2) is 6.20 Å². The summed E-state index contributed by atoms with van der Waals surface area (Å²) in [4.78, 5) is 34.3. The first-order chi connectivity index (χ1) is 11.0. The Bertz CT molecular complexity index is 611. The number of carbonyl (C=O) groups is 2. The first-order valence-corrected chi connectivity index (χ1v) is 8.45. The molecule has 1 aromatic rings. The Hall–Kier alpha value is -1.98. The SMILES string of the molecule is Cc1nc(C2CCN(C(=O)CC3CCCC3)C2)ncc1C(N)=O. The van der Waals surface area contributed by atoms with Gasteiger partial charge in [-0.25, -0.2) is 9.97 Å². The summed E-state index contributed by atoms with van der Waals surface area (Å²) in [5.41, 5.74) is 6.26. The Labute approximate surface area is 136 Å². The van der Waals surface area contributed by atoms with Crippen molar-refractivity contribution in [2.75, 3.05) is 13.1 Å². The second kappa shape index (κ2) is 6.64. The molecule has 0 radical (unpaired) electrons. The van der Waals surface area contributed by atoms with Gasteiger partial charge in [0.1, 0.15) is 5.82 Å². The number of primary amides is 1. The highest BCUT2D eigenvalue weighted by molar-refractivity contribution is 5.93. The minimum atomic E-state index is -0.506. The van der Waals surface area contributed by atoms with Crippen molar-refractivity contribution in [1.29, 1.82) is 0 Å². The Morgan fingerprint density at radius 2 is 2.04 bits per heavy atom. The van der Waals surface area contributed by atoms with Gasteiger partial charge in [0.2, 0.25) is 5.91 Å². The average molecular weight is 316 g/mol. The van der Waals surface area contributed by atoms with Gasteiger partial charge in [-0.3, -0.25) is 9.59 Å². The summed E-state index contributed by atoms with van der Waals surface area (Å²) >= 11 is 0. The van der Waals surface area contributed by atoms with E-state index in [1.807, 2.05) is 4.90 Å². The first-order valence-electron chi connectivity index (χ1n) is 8.45. The van der Waals surface area contributed by atoms with Crippen LogP contribution in [0.25, 0.3) is 0 Å². The third-order valence-electron chi connectivity index (χ3n) is 5.11. The zero-order valence-electron chi connectivity index (χ0n) is 13.6. The maximum Gasteiger partial charge on any atom is 0.252 e. The largest absolute Gasteiger partial charge is 0.365 e. The lowest BCUT2D eigenvalue weighted by Gasteiger charge is -2.18. The van der Waals surface area contributed by atoms with Gasteiger partial charge in [-0.2, -0.15) is 0 Å². The molecule has 1 unspecified atom stereocenters. The number of aryl methyl sites for hydroxylation is 1. The molecule has 6 nitrogen and oxygen atoms in total. The second-order valence-electron chi connectivity index (χ2n) is 6.77. The van der Waals surface area contributed by atoms with Gasteiger partial charge in [0.15, 0.2) is 0 Å². The maximum absolute atomic E-state index is 12.4. The third-order valence-corrected chi connectivity index (χ3v) is 5.11. The molecule has 124 valence electrons. The molecule has 3 rings (SSSR count). The molecular weight excluding hydrogens is 292 g/mol. The third kappa shape index (κ3) is 3.51. The Morgan fingerprint density at radius 3 is 2.70 bits per heavy atom. The Kier molecular flexibility index (Phi) is 4.59. The van der Waals surface area contributed by atoms with Gasteiger partial charge in [0.05, 0.1) is 11.3 Å². The number of rotatable bonds is 4. The highest BCUT2D eigenvalue weighted by atomic mass is 16.2. The molecule has 1 atom stereocenters. The fraction of sp³-hybridized carbons (Fsp3) is 0.647. The monoisotopic (exact) mass is 316 g/mol. The van der Waals surface area contributed by atoms with E-state index in [2.05, 4.69) is 9.97 Å². The van der Waals surface area contributed by atoms with Gasteiger partial charge < -0.3 is 10.6 Å². The lowest BCUT2D eigenvalue weighted by Crippen LogP contribution is -2.30. The Morgan fingerprint density at radius 1 is 1.30 bits per heavy atom. The number of amides is 2. The van der Waals surface area contributed by atoms with Crippen molar-refractivity contribution >= 4 is 11.8 Å². The van der Waals surface area contributed by atoms with Gasteiger partial charge >= 0.3 is 0 Å². The zero-order chi connectivity index (χ0) is 16.4. The smallest absolute Gasteiger partial charge is 0.252 e. The summed E-state index contributed by atoms with van der Waals surface area (Å²) in [6, 6.07) is 0. The number of aromatic nitrogens is 2. The molecule has 1 saturated heterocycles. The highest BCUT2D eigenvalue weighted by Crippen LogP contribution is 2.30. The molecule has 0 spiro atoms. The van der Waals surface area contributed by atoms with E-state index in [9.17, 15) is 9.59 Å². The van der Waals surface area contributed by atoms with Crippen molar-refractivity contribution in [2.45, 2.75) is 51.4 Å². The number of likely N-dealkylation sites (tertiary alicyclic amines) is 1. The van der Waals surface area contributed by atoms with E-state index in [1.165, 1.54) is 31.9 Å². The van der Waals surface area contributed by atoms with Crippen LogP contribution in [-0.2, 0) is 4.79 Å². The van der Waals surface area contributed by atoms with E-state index in [0.717, 1.165) is 13.0 Å². The van der Waals surface area contributed by atoms with Crippen LogP contribution in [-0.4, -0.2) is 39.8 Å². The number of carbonyl (C=O) groups excluding carboxylic acids is 2. The summed E-state index contributed by atoms with van der Waals surface area (Å²) in [6.45, 7) is 3.22. The summed E-state index contributed by atoms with van der Waals surface area (Å²) in [6.07, 6.45) is 7.99. The average Bonchev–Trinajstić information content (AvgIpc) is 3.17. The highest BCUT2D eigenvalue weighted by Gasteiger charge is 2.31. The molecule has 0 bridgehead atoms. The quantitative estimate of drug-likeness (QED) is 0.917. The molecule has 1 aromatic heterocycles. The lowest BCUT2D eigenvalue weighted by atomic mass is 10.0. The normalized spacial score (nSPS) is 21.8. The summed E-state index contributed by atoms with van der Waals surface area (Å²) < 4.78 is 0. The number of hydrogen-bond donors (Lipinski definition) is 1. The van der Waals surface area contributed by atoms with Crippen LogP contribution in [0.4, 0.5) is 0 Å². The minimum absolute atomic E-state index is 0.156. The Balaban J connectivity index is 1.61. The summed E-state index contributed by atoms with van der Waals surface area (Å²) in [7, 11) is 0. The van der Waals surface area contributed by atoms with E-state index in [-0.39, 0.29) is 11.8 Å². The minimum Gasteiger partial charge on any atom is -0.365 e. The standard InChI is InChI=1S/C17H24N4O2/c1-11-14(16(18)23)9-19-17(20-11)13-6-7-21(10-13)15(22)8-12-4-2-3-5-12/h9,12-13H,2-8,10H2,1H3,(H2,18,23). The number of nitrogens with zero attached hydrogens (tertiary/aromatic N) is 3. The van der Waals surface area contributed by atoms with Crippen molar-refractivity contribution in [3.05, 3.63) is 23.3 Å². The van der Waals surface area contributed by atoms with Gasteiger partial charge in [0.25, 0.3) is 5.91 Å². The number of hydrogen-bond acceptors (Lipinski definition) is 4. The van der Waals surface area contributed by atoms with Crippen LogP contribution in [0.5, 0.6) is 0 Å². The van der Waals surface area contributed by atoms with Crippen LogP contribution >= 0.6 is 0 Å². The van der Waals surface area contributed by atoms with E-state index >= 15 is 0 Å². The molecule has 2 N–H and O–H groups in total. The molecule has 1 aliphatic carbocycles. The predicted molar refractivity (Wildman–Crippen MR) is 85.8 cm³/mol. The van der Waals surface area contributed by atoms with Crippen molar-refractivity contribution in [3.8, 4) is 0 Å². The van der Waals surface area contributed by atoms with Crippen LogP contribution in [0.3, 0.4) is 0 Å². The van der Waals surface area contributed by atoms with E-state index in [4.69, 9.17) is 5.73 Å². The molecule has 1 aliphatic heterocycles. The van der Waals surface area contributed by atoms with Gasteiger partial charge in [-0.05, 0) is 32.1 Å². The molecular formula is C17H24N4O2. The topological polar surface area (TPSA) is 89.2 Å². The van der Waals surface area contributed by atoms with Crippen LogP contribution in [0.2, 0.25) is 0 Å². The van der Waals surface area contributed by atoms with Crippen LogP contribution in [0.1, 0.15) is 66.3 Å².